The Balaban J connectivity index is 1.60. The molecule has 16 heavy (non-hydrogen) atoms. The van der Waals surface area contributed by atoms with Gasteiger partial charge in [0.1, 0.15) is 0 Å². The third-order valence-electron chi connectivity index (χ3n) is 3.67. The SMILES string of the molecule is C=CCSCCNC1CCOC2(CCC2)C1. The summed E-state index contributed by atoms with van der Waals surface area (Å²) in [6.07, 6.45) is 8.34. The highest BCUT2D eigenvalue weighted by Crippen LogP contribution is 2.42. The van der Waals surface area contributed by atoms with E-state index in [9.17, 15) is 0 Å². The van der Waals surface area contributed by atoms with Gasteiger partial charge in [-0.15, -0.1) is 6.58 Å². The number of hydrogen-bond donors (Lipinski definition) is 1. The van der Waals surface area contributed by atoms with E-state index in [1.54, 1.807) is 0 Å². The molecule has 1 spiro atoms. The molecule has 1 atom stereocenters. The Kier molecular flexibility index (Phi) is 4.74. The Bertz CT molecular complexity index is 228. The molecule has 1 N–H and O–H groups in total. The molecule has 0 aromatic heterocycles. The van der Waals surface area contributed by atoms with E-state index < -0.39 is 0 Å². The van der Waals surface area contributed by atoms with Crippen LogP contribution in [0.15, 0.2) is 12.7 Å². The first kappa shape index (κ1) is 12.5. The smallest absolute Gasteiger partial charge is 0.0697 e. The van der Waals surface area contributed by atoms with E-state index in [0.29, 0.717) is 6.04 Å². The minimum Gasteiger partial charge on any atom is -0.375 e. The van der Waals surface area contributed by atoms with Crippen molar-refractivity contribution in [2.24, 2.45) is 0 Å². The van der Waals surface area contributed by atoms with Gasteiger partial charge in [0.2, 0.25) is 0 Å². The summed E-state index contributed by atoms with van der Waals surface area (Å²) in [6, 6.07) is 0.693. The molecule has 1 aliphatic carbocycles. The van der Waals surface area contributed by atoms with E-state index in [1.807, 2.05) is 17.8 Å². The van der Waals surface area contributed by atoms with Crippen LogP contribution < -0.4 is 5.32 Å². The number of thioether (sulfide) groups is 1. The van der Waals surface area contributed by atoms with Crippen molar-refractivity contribution in [3.05, 3.63) is 12.7 Å². The second-order valence-electron chi connectivity index (χ2n) is 4.89. The maximum atomic E-state index is 5.92. The predicted molar refractivity (Wildman–Crippen MR) is 71.1 cm³/mol. The minimum absolute atomic E-state index is 0.282. The molecule has 0 amide bonds. The summed E-state index contributed by atoms with van der Waals surface area (Å²) >= 11 is 1.95. The van der Waals surface area contributed by atoms with Crippen molar-refractivity contribution >= 4 is 11.8 Å². The van der Waals surface area contributed by atoms with Gasteiger partial charge in [-0.25, -0.2) is 0 Å². The van der Waals surface area contributed by atoms with Crippen LogP contribution in [0.1, 0.15) is 32.1 Å². The van der Waals surface area contributed by atoms with Crippen LogP contribution in [-0.4, -0.2) is 36.3 Å². The topological polar surface area (TPSA) is 21.3 Å². The fourth-order valence-electron chi connectivity index (χ4n) is 2.62. The second-order valence-corrected chi connectivity index (χ2v) is 6.04. The van der Waals surface area contributed by atoms with Crippen molar-refractivity contribution in [3.8, 4) is 0 Å². The van der Waals surface area contributed by atoms with Crippen molar-refractivity contribution in [2.75, 3.05) is 24.7 Å². The highest BCUT2D eigenvalue weighted by atomic mass is 32.2. The largest absolute Gasteiger partial charge is 0.375 e. The van der Waals surface area contributed by atoms with E-state index in [2.05, 4.69) is 11.9 Å². The van der Waals surface area contributed by atoms with Gasteiger partial charge < -0.3 is 10.1 Å². The molecule has 92 valence electrons. The first-order valence-corrected chi connectivity index (χ1v) is 7.56. The minimum atomic E-state index is 0.282. The maximum Gasteiger partial charge on any atom is 0.0697 e. The first-order valence-electron chi connectivity index (χ1n) is 6.41. The highest BCUT2D eigenvalue weighted by Gasteiger charge is 2.42. The van der Waals surface area contributed by atoms with E-state index in [-0.39, 0.29) is 5.60 Å². The normalized spacial score (nSPS) is 27.6. The van der Waals surface area contributed by atoms with Crippen molar-refractivity contribution in [3.63, 3.8) is 0 Å². The van der Waals surface area contributed by atoms with Gasteiger partial charge in [0.15, 0.2) is 0 Å². The quantitative estimate of drug-likeness (QED) is 0.570. The summed E-state index contributed by atoms with van der Waals surface area (Å²) in [5.74, 6) is 2.26. The van der Waals surface area contributed by atoms with Crippen LogP contribution in [-0.2, 0) is 4.74 Å². The fraction of sp³-hybridized carbons (Fsp3) is 0.846. The average molecular weight is 241 g/mol. The zero-order chi connectivity index (χ0) is 11.3. The van der Waals surface area contributed by atoms with Crippen LogP contribution in [0, 0.1) is 0 Å². The molecule has 1 aliphatic heterocycles. The number of rotatable bonds is 6. The lowest BCUT2D eigenvalue weighted by Gasteiger charge is -2.47. The van der Waals surface area contributed by atoms with Gasteiger partial charge in [0, 0.05) is 30.7 Å². The lowest BCUT2D eigenvalue weighted by molar-refractivity contribution is -0.135. The molecular weight excluding hydrogens is 218 g/mol. The van der Waals surface area contributed by atoms with Gasteiger partial charge in [-0.1, -0.05) is 6.08 Å². The molecule has 2 aliphatic rings. The van der Waals surface area contributed by atoms with E-state index in [4.69, 9.17) is 4.74 Å². The summed E-state index contributed by atoms with van der Waals surface area (Å²) in [5, 5.41) is 3.67. The van der Waals surface area contributed by atoms with Crippen molar-refractivity contribution < 1.29 is 4.74 Å². The van der Waals surface area contributed by atoms with Crippen molar-refractivity contribution in [1.82, 2.24) is 5.32 Å². The molecule has 0 radical (unpaired) electrons. The number of hydrogen-bond acceptors (Lipinski definition) is 3. The highest BCUT2D eigenvalue weighted by molar-refractivity contribution is 7.99. The molecular formula is C13H23NOS. The molecule has 1 unspecified atom stereocenters. The predicted octanol–water partition coefficient (Wildman–Crippen LogP) is 2.60. The molecule has 0 aromatic carbocycles. The van der Waals surface area contributed by atoms with Crippen LogP contribution >= 0.6 is 11.8 Å². The van der Waals surface area contributed by atoms with Crippen molar-refractivity contribution in [1.29, 1.82) is 0 Å². The van der Waals surface area contributed by atoms with E-state index in [1.165, 1.54) is 37.9 Å². The van der Waals surface area contributed by atoms with Crippen LogP contribution in [0.2, 0.25) is 0 Å². The second kappa shape index (κ2) is 6.08. The lowest BCUT2D eigenvalue weighted by atomic mass is 9.74. The Labute approximate surface area is 103 Å². The van der Waals surface area contributed by atoms with Gasteiger partial charge in [-0.3, -0.25) is 0 Å². The van der Waals surface area contributed by atoms with Crippen LogP contribution in [0.4, 0.5) is 0 Å². The Hall–Kier alpha value is 0.01000. The summed E-state index contributed by atoms with van der Waals surface area (Å²) in [6.45, 7) is 5.81. The van der Waals surface area contributed by atoms with Crippen LogP contribution in [0.3, 0.4) is 0 Å². The number of nitrogens with one attached hydrogen (secondary N) is 1. The molecule has 0 bridgehead atoms. The van der Waals surface area contributed by atoms with Crippen LogP contribution in [0.25, 0.3) is 0 Å². The lowest BCUT2D eigenvalue weighted by Crippen LogP contribution is -2.51. The summed E-state index contributed by atoms with van der Waals surface area (Å²) in [5.41, 5.74) is 0.282. The summed E-state index contributed by atoms with van der Waals surface area (Å²) in [4.78, 5) is 0. The average Bonchev–Trinajstić information content (AvgIpc) is 2.27. The molecule has 1 saturated heterocycles. The number of ether oxygens (including phenoxy) is 1. The van der Waals surface area contributed by atoms with Gasteiger partial charge in [0.05, 0.1) is 5.60 Å². The van der Waals surface area contributed by atoms with Gasteiger partial charge in [-0.2, -0.15) is 11.8 Å². The summed E-state index contributed by atoms with van der Waals surface area (Å²) < 4.78 is 5.92. The van der Waals surface area contributed by atoms with E-state index in [0.717, 1.165) is 18.9 Å². The van der Waals surface area contributed by atoms with Gasteiger partial charge >= 0.3 is 0 Å². The van der Waals surface area contributed by atoms with Crippen LogP contribution in [0.5, 0.6) is 0 Å². The van der Waals surface area contributed by atoms with Gasteiger partial charge in [0.25, 0.3) is 0 Å². The summed E-state index contributed by atoms with van der Waals surface area (Å²) in [7, 11) is 0. The fourth-order valence-corrected chi connectivity index (χ4v) is 3.22. The third-order valence-corrected chi connectivity index (χ3v) is 4.64. The molecule has 3 heteroatoms. The maximum absolute atomic E-state index is 5.92. The monoisotopic (exact) mass is 241 g/mol. The molecule has 1 saturated carbocycles. The third kappa shape index (κ3) is 3.25. The molecule has 2 rings (SSSR count). The molecule has 2 fully saturated rings. The zero-order valence-corrected chi connectivity index (χ0v) is 10.9. The van der Waals surface area contributed by atoms with E-state index >= 15 is 0 Å². The van der Waals surface area contributed by atoms with Gasteiger partial charge in [-0.05, 0) is 32.1 Å². The zero-order valence-electron chi connectivity index (χ0n) is 10.0. The van der Waals surface area contributed by atoms with Crippen molar-refractivity contribution in [2.45, 2.75) is 43.7 Å². The molecule has 1 heterocycles. The Morgan fingerprint density at radius 3 is 3.06 bits per heavy atom. The molecule has 2 nitrogen and oxygen atoms in total. The Morgan fingerprint density at radius 2 is 2.38 bits per heavy atom. The Morgan fingerprint density at radius 1 is 1.50 bits per heavy atom. The molecule has 0 aromatic rings. The first-order chi connectivity index (χ1) is 7.85. The standard InChI is InChI=1S/C13H23NOS/c1-2-9-16-10-7-14-12-4-8-15-13(11-12)5-3-6-13/h2,12,14H,1,3-11H2.